The molecule has 0 heterocycles. The van der Waals surface area contributed by atoms with Crippen LogP contribution in [0.2, 0.25) is 10.0 Å². The summed E-state index contributed by atoms with van der Waals surface area (Å²) in [4.78, 5) is 27.0. The first kappa shape index (κ1) is 22.2. The average molecular weight is 425 g/mol. The molecule has 1 N–H and O–H groups in total. The van der Waals surface area contributed by atoms with Gasteiger partial charge in [-0.15, -0.1) is 0 Å². The van der Waals surface area contributed by atoms with E-state index < -0.39 is 6.04 Å². The van der Waals surface area contributed by atoms with Crippen molar-refractivity contribution in [3.05, 3.63) is 69.5 Å². The molecule has 0 aliphatic carbocycles. The van der Waals surface area contributed by atoms with Gasteiger partial charge in [0.05, 0.1) is 6.42 Å². The van der Waals surface area contributed by atoms with Crippen LogP contribution >= 0.6 is 23.2 Å². The molecule has 2 rings (SSSR count). The number of nitrogens with one attached hydrogen (secondary N) is 1. The van der Waals surface area contributed by atoms with Crippen molar-refractivity contribution < 1.29 is 14.0 Å². The lowest BCUT2D eigenvalue weighted by Crippen LogP contribution is -2.49. The van der Waals surface area contributed by atoms with Crippen molar-refractivity contribution in [3.63, 3.8) is 0 Å². The lowest BCUT2D eigenvalue weighted by molar-refractivity contribution is -0.140. The van der Waals surface area contributed by atoms with Crippen LogP contribution in [0.4, 0.5) is 4.39 Å². The number of benzene rings is 2. The van der Waals surface area contributed by atoms with E-state index in [1.165, 1.54) is 17.0 Å². The molecule has 0 bridgehead atoms. The maximum Gasteiger partial charge on any atom is 0.242 e. The number of carbonyl (C=O) groups is 2. The van der Waals surface area contributed by atoms with Crippen LogP contribution in [0.3, 0.4) is 0 Å². The molecule has 2 aromatic rings. The number of hydrogen-bond donors (Lipinski definition) is 1. The molecular weight excluding hydrogens is 402 g/mol. The third-order valence-corrected chi connectivity index (χ3v) is 4.81. The van der Waals surface area contributed by atoms with Gasteiger partial charge in [0.15, 0.2) is 0 Å². The summed E-state index contributed by atoms with van der Waals surface area (Å²) in [5.41, 5.74) is 1.35. The maximum atomic E-state index is 13.2. The topological polar surface area (TPSA) is 49.4 Å². The number of hydrogen-bond acceptors (Lipinski definition) is 2. The molecule has 0 saturated heterocycles. The van der Waals surface area contributed by atoms with Gasteiger partial charge >= 0.3 is 0 Å². The van der Waals surface area contributed by atoms with E-state index in [0.29, 0.717) is 15.6 Å². The largest absolute Gasteiger partial charge is 0.352 e. The number of carbonyl (C=O) groups excluding carboxylic acids is 2. The molecule has 150 valence electrons. The molecule has 7 heteroatoms. The minimum atomic E-state index is -0.703. The van der Waals surface area contributed by atoms with Crippen LogP contribution in [-0.4, -0.2) is 28.8 Å². The fraction of sp³-hybridized carbons (Fsp3) is 0.333. The molecule has 0 fully saturated rings. The fourth-order valence-electron chi connectivity index (χ4n) is 2.70. The molecule has 28 heavy (non-hydrogen) atoms. The molecule has 0 aromatic heterocycles. The van der Waals surface area contributed by atoms with Crippen LogP contribution in [0.1, 0.15) is 31.9 Å². The standard InChI is InChI=1S/C21H23Cl2FN2O2/c1-13(2)25-21(28)14(3)26(12-15-4-8-18(24)9-5-15)20(27)10-16-6-7-17(22)11-19(16)23/h4-9,11,13-14H,10,12H2,1-3H3,(H,25,28). The van der Waals surface area contributed by atoms with E-state index in [9.17, 15) is 14.0 Å². The zero-order chi connectivity index (χ0) is 20.8. The van der Waals surface area contributed by atoms with Gasteiger partial charge in [-0.05, 0) is 56.2 Å². The van der Waals surface area contributed by atoms with Crippen LogP contribution in [-0.2, 0) is 22.6 Å². The summed E-state index contributed by atoms with van der Waals surface area (Å²) < 4.78 is 13.2. The molecule has 2 amide bonds. The molecule has 0 aliphatic rings. The zero-order valence-electron chi connectivity index (χ0n) is 16.0. The van der Waals surface area contributed by atoms with E-state index >= 15 is 0 Å². The molecule has 4 nitrogen and oxygen atoms in total. The third kappa shape index (κ3) is 6.21. The third-order valence-electron chi connectivity index (χ3n) is 4.22. The first-order chi connectivity index (χ1) is 13.2. The number of halogens is 3. The van der Waals surface area contributed by atoms with Crippen molar-refractivity contribution in [2.75, 3.05) is 0 Å². The monoisotopic (exact) mass is 424 g/mol. The van der Waals surface area contributed by atoms with E-state index in [0.717, 1.165) is 5.56 Å². The van der Waals surface area contributed by atoms with Gasteiger partial charge < -0.3 is 10.2 Å². The highest BCUT2D eigenvalue weighted by Gasteiger charge is 2.27. The second-order valence-corrected chi connectivity index (χ2v) is 7.74. The Labute approximate surface area is 174 Å². The lowest BCUT2D eigenvalue weighted by Gasteiger charge is -2.29. The van der Waals surface area contributed by atoms with Gasteiger partial charge in [-0.25, -0.2) is 4.39 Å². The highest BCUT2D eigenvalue weighted by molar-refractivity contribution is 6.35. The minimum absolute atomic E-state index is 0.0243. The zero-order valence-corrected chi connectivity index (χ0v) is 17.5. The predicted octanol–water partition coefficient (Wildman–Crippen LogP) is 4.62. The highest BCUT2D eigenvalue weighted by atomic mass is 35.5. The van der Waals surface area contributed by atoms with Crippen molar-refractivity contribution in [2.45, 2.75) is 45.8 Å². The quantitative estimate of drug-likeness (QED) is 0.704. The minimum Gasteiger partial charge on any atom is -0.352 e. The molecular formula is C21H23Cl2FN2O2. The van der Waals surface area contributed by atoms with Crippen LogP contribution in [0.15, 0.2) is 42.5 Å². The molecule has 1 unspecified atom stereocenters. The van der Waals surface area contributed by atoms with Gasteiger partial charge in [-0.2, -0.15) is 0 Å². The molecule has 0 aliphatic heterocycles. The summed E-state index contributed by atoms with van der Waals surface area (Å²) in [5, 5.41) is 3.69. The van der Waals surface area contributed by atoms with Gasteiger partial charge in [-0.1, -0.05) is 41.4 Å². The van der Waals surface area contributed by atoms with Crippen molar-refractivity contribution in [2.24, 2.45) is 0 Å². The Bertz CT molecular complexity index is 841. The number of rotatable bonds is 7. The van der Waals surface area contributed by atoms with Crippen LogP contribution < -0.4 is 5.32 Å². The Balaban J connectivity index is 2.26. The Hall–Kier alpha value is -2.11. The van der Waals surface area contributed by atoms with Gasteiger partial charge in [-0.3, -0.25) is 9.59 Å². The first-order valence-corrected chi connectivity index (χ1v) is 9.71. The second-order valence-electron chi connectivity index (χ2n) is 6.90. The molecule has 0 radical (unpaired) electrons. The summed E-state index contributed by atoms with van der Waals surface area (Å²) >= 11 is 12.1. The Morgan fingerprint density at radius 1 is 1.07 bits per heavy atom. The number of nitrogens with zero attached hydrogens (tertiary/aromatic N) is 1. The van der Waals surface area contributed by atoms with E-state index in [-0.39, 0.29) is 36.6 Å². The Morgan fingerprint density at radius 3 is 2.29 bits per heavy atom. The highest BCUT2D eigenvalue weighted by Crippen LogP contribution is 2.22. The normalized spacial score (nSPS) is 12.0. The van der Waals surface area contributed by atoms with Crippen LogP contribution in [0.5, 0.6) is 0 Å². The van der Waals surface area contributed by atoms with Gasteiger partial charge in [0.1, 0.15) is 11.9 Å². The summed E-state index contributed by atoms with van der Waals surface area (Å²) in [6.45, 7) is 5.55. The average Bonchev–Trinajstić information content (AvgIpc) is 2.62. The van der Waals surface area contributed by atoms with Gasteiger partial charge in [0.2, 0.25) is 11.8 Å². The van der Waals surface area contributed by atoms with Gasteiger partial charge in [0.25, 0.3) is 0 Å². The summed E-state index contributed by atoms with van der Waals surface area (Å²) in [7, 11) is 0. The van der Waals surface area contributed by atoms with E-state index in [2.05, 4.69) is 5.32 Å². The van der Waals surface area contributed by atoms with Crippen LogP contribution in [0, 0.1) is 5.82 Å². The Kier molecular flexibility index (Phi) is 7.84. The van der Waals surface area contributed by atoms with Crippen molar-refractivity contribution in [3.8, 4) is 0 Å². The molecule has 0 spiro atoms. The SMILES string of the molecule is CC(C)NC(=O)C(C)N(Cc1ccc(F)cc1)C(=O)Cc1ccc(Cl)cc1Cl. The van der Waals surface area contributed by atoms with Crippen LogP contribution in [0.25, 0.3) is 0 Å². The Morgan fingerprint density at radius 2 is 1.71 bits per heavy atom. The molecule has 1 atom stereocenters. The fourth-order valence-corrected chi connectivity index (χ4v) is 3.18. The summed E-state index contributed by atoms with van der Waals surface area (Å²) in [6.07, 6.45) is 0.0243. The van der Waals surface area contributed by atoms with E-state index in [1.807, 2.05) is 13.8 Å². The maximum absolute atomic E-state index is 13.2. The van der Waals surface area contributed by atoms with Crippen molar-refractivity contribution in [1.29, 1.82) is 0 Å². The lowest BCUT2D eigenvalue weighted by atomic mass is 10.1. The second kappa shape index (κ2) is 9.89. The van der Waals surface area contributed by atoms with Gasteiger partial charge in [0, 0.05) is 22.6 Å². The number of amides is 2. The van der Waals surface area contributed by atoms with E-state index in [1.54, 1.807) is 37.3 Å². The van der Waals surface area contributed by atoms with E-state index in [4.69, 9.17) is 23.2 Å². The predicted molar refractivity (Wildman–Crippen MR) is 110 cm³/mol. The summed E-state index contributed by atoms with van der Waals surface area (Å²) in [5.74, 6) is -0.882. The van der Waals surface area contributed by atoms with Crippen molar-refractivity contribution in [1.82, 2.24) is 10.2 Å². The first-order valence-electron chi connectivity index (χ1n) is 8.95. The molecule has 0 saturated carbocycles. The summed E-state index contributed by atoms with van der Waals surface area (Å²) in [6, 6.07) is 10.0. The molecule has 2 aromatic carbocycles. The van der Waals surface area contributed by atoms with Crippen molar-refractivity contribution >= 4 is 35.0 Å². The smallest absolute Gasteiger partial charge is 0.242 e.